The molecule has 0 radical (unpaired) electrons. The molecule has 0 heterocycles. The van der Waals surface area contributed by atoms with Gasteiger partial charge >= 0.3 is 0 Å². The maximum atomic E-state index is 8.55. The van der Waals surface area contributed by atoms with Crippen molar-refractivity contribution in [3.63, 3.8) is 0 Å². The smallest absolute Gasteiger partial charge is 0.0512 e. The van der Waals surface area contributed by atoms with Crippen molar-refractivity contribution in [1.29, 1.82) is 0 Å². The maximum Gasteiger partial charge on any atom is 0.0512 e. The third kappa shape index (κ3) is 16.1. The fraction of sp³-hybridized carbons (Fsp3) is 0.846. The minimum absolute atomic E-state index is 0.102. The van der Waals surface area contributed by atoms with Crippen LogP contribution in [0.4, 0.5) is 0 Å². The minimum atomic E-state index is -0.102. The largest absolute Gasteiger partial charge is 0.393 e. The summed E-state index contributed by atoms with van der Waals surface area (Å²) in [4.78, 5) is 0. The van der Waals surface area contributed by atoms with Crippen LogP contribution >= 0.6 is 0 Å². The Morgan fingerprint density at radius 3 is 1.89 bits per heavy atom. The average Bonchev–Trinajstić information content (AvgIpc) is 2.63. The highest BCUT2D eigenvalue weighted by Crippen LogP contribution is 2.35. The van der Waals surface area contributed by atoms with Gasteiger partial charge in [-0.1, -0.05) is 112 Å². The van der Waals surface area contributed by atoms with Gasteiger partial charge in [-0.05, 0) is 49.4 Å². The molecule has 0 aromatic heterocycles. The Balaban J connectivity index is 0. The van der Waals surface area contributed by atoms with Crippen LogP contribution in [0.2, 0.25) is 0 Å². The molecule has 1 aliphatic carbocycles. The van der Waals surface area contributed by atoms with Crippen molar-refractivity contribution < 1.29 is 5.11 Å². The highest BCUT2D eigenvalue weighted by Gasteiger charge is 2.25. The molecule has 0 saturated heterocycles. The lowest BCUT2D eigenvalue weighted by Crippen LogP contribution is -2.22. The summed E-state index contributed by atoms with van der Waals surface area (Å²) < 4.78 is 0. The summed E-state index contributed by atoms with van der Waals surface area (Å²) >= 11 is 0. The number of rotatable bonds is 8. The van der Waals surface area contributed by atoms with Crippen LogP contribution in [0.5, 0.6) is 0 Å². The van der Waals surface area contributed by atoms with Crippen LogP contribution in [0.15, 0.2) is 24.3 Å². The highest BCUT2D eigenvalue weighted by molar-refractivity contribution is 4.99. The SMILES string of the molecule is CC.CCC(C)/C=C/CC(C)/C=C/C1C(C)CCCC1C.CCCC(C)O. The van der Waals surface area contributed by atoms with E-state index >= 15 is 0 Å². The summed E-state index contributed by atoms with van der Waals surface area (Å²) in [6, 6.07) is 0. The van der Waals surface area contributed by atoms with Crippen LogP contribution < -0.4 is 0 Å². The van der Waals surface area contributed by atoms with Crippen molar-refractivity contribution in [1.82, 2.24) is 0 Å². The van der Waals surface area contributed by atoms with Gasteiger partial charge in [0.2, 0.25) is 0 Å². The normalized spacial score (nSPS) is 25.9. The molecule has 0 bridgehead atoms. The van der Waals surface area contributed by atoms with E-state index < -0.39 is 0 Å². The zero-order valence-electron chi connectivity index (χ0n) is 20.2. The van der Waals surface area contributed by atoms with Gasteiger partial charge in [0.25, 0.3) is 0 Å². The lowest BCUT2D eigenvalue weighted by molar-refractivity contribution is 0.183. The van der Waals surface area contributed by atoms with Gasteiger partial charge in [-0.25, -0.2) is 0 Å². The molecule has 0 spiro atoms. The van der Waals surface area contributed by atoms with Crippen molar-refractivity contribution in [3.8, 4) is 0 Å². The lowest BCUT2D eigenvalue weighted by Gasteiger charge is -2.32. The molecule has 1 heteroatoms. The predicted octanol–water partition coefficient (Wildman–Crippen LogP) is 8.44. The van der Waals surface area contributed by atoms with E-state index in [9.17, 15) is 0 Å². The van der Waals surface area contributed by atoms with E-state index in [1.54, 1.807) is 0 Å². The topological polar surface area (TPSA) is 20.2 Å². The molecule has 1 saturated carbocycles. The Bertz CT molecular complexity index is 345. The summed E-state index contributed by atoms with van der Waals surface area (Å²) in [6.07, 6.45) is 18.3. The predicted molar refractivity (Wildman–Crippen MR) is 125 cm³/mol. The second kappa shape index (κ2) is 18.8. The van der Waals surface area contributed by atoms with Crippen LogP contribution in [0.1, 0.15) is 107 Å². The lowest BCUT2D eigenvalue weighted by atomic mass is 9.73. The molecule has 0 amide bonds. The van der Waals surface area contributed by atoms with E-state index in [1.165, 1.54) is 32.1 Å². The van der Waals surface area contributed by atoms with Crippen molar-refractivity contribution in [2.75, 3.05) is 0 Å². The van der Waals surface area contributed by atoms with Gasteiger partial charge in [-0.3, -0.25) is 0 Å². The van der Waals surface area contributed by atoms with Crippen molar-refractivity contribution in [3.05, 3.63) is 24.3 Å². The standard InChI is InChI=1S/C19H34.C5H12O.C2H6/c1-6-15(2)9-7-10-16(3)13-14-19-17(4)11-8-12-18(19)5;1-3-4-5(2)6;1-2/h7,9,13-19H,6,8,10-12H2,1-5H3;5-6H,3-4H2,1-2H3;1-2H3/b9-7+,14-13+;;. The van der Waals surface area contributed by atoms with Gasteiger partial charge in [-0.2, -0.15) is 0 Å². The van der Waals surface area contributed by atoms with Crippen LogP contribution in [0.25, 0.3) is 0 Å². The van der Waals surface area contributed by atoms with Crippen LogP contribution in [-0.4, -0.2) is 11.2 Å². The van der Waals surface area contributed by atoms with E-state index in [2.05, 4.69) is 65.8 Å². The molecular formula is C26H52O. The van der Waals surface area contributed by atoms with E-state index in [1.807, 2.05) is 20.8 Å². The monoisotopic (exact) mass is 380 g/mol. The molecule has 27 heavy (non-hydrogen) atoms. The molecule has 0 aliphatic heterocycles. The fourth-order valence-corrected chi connectivity index (χ4v) is 3.56. The van der Waals surface area contributed by atoms with Gasteiger partial charge < -0.3 is 5.11 Å². The molecule has 1 aliphatic rings. The first-order valence-corrected chi connectivity index (χ1v) is 11.8. The molecule has 1 N–H and O–H groups in total. The van der Waals surface area contributed by atoms with Gasteiger partial charge in [-0.15, -0.1) is 0 Å². The third-order valence-electron chi connectivity index (χ3n) is 5.62. The van der Waals surface area contributed by atoms with Crippen molar-refractivity contribution in [2.24, 2.45) is 29.6 Å². The molecular weight excluding hydrogens is 328 g/mol. The Hall–Kier alpha value is -0.560. The molecule has 0 aromatic rings. The van der Waals surface area contributed by atoms with Crippen molar-refractivity contribution >= 4 is 0 Å². The first-order chi connectivity index (χ1) is 12.8. The maximum absolute atomic E-state index is 8.55. The number of allylic oxidation sites excluding steroid dienone is 4. The average molecular weight is 381 g/mol. The molecule has 5 atom stereocenters. The second-order valence-electron chi connectivity index (χ2n) is 8.51. The Labute approximate surface area is 172 Å². The van der Waals surface area contributed by atoms with Gasteiger partial charge in [0.1, 0.15) is 0 Å². The van der Waals surface area contributed by atoms with E-state index in [0.717, 1.165) is 36.5 Å². The van der Waals surface area contributed by atoms with Crippen molar-refractivity contribution in [2.45, 2.75) is 113 Å². The zero-order chi connectivity index (χ0) is 21.2. The quantitative estimate of drug-likeness (QED) is 0.419. The summed E-state index contributed by atoms with van der Waals surface area (Å²) in [5, 5.41) is 8.55. The molecule has 1 rings (SSSR count). The third-order valence-corrected chi connectivity index (χ3v) is 5.62. The number of hydrogen-bond acceptors (Lipinski definition) is 1. The number of aliphatic hydroxyl groups is 1. The Morgan fingerprint density at radius 2 is 1.48 bits per heavy atom. The van der Waals surface area contributed by atoms with Gasteiger partial charge in [0.05, 0.1) is 6.10 Å². The molecule has 1 fully saturated rings. The zero-order valence-corrected chi connectivity index (χ0v) is 20.2. The molecule has 162 valence electrons. The number of aliphatic hydroxyl groups excluding tert-OH is 1. The first kappa shape index (κ1) is 28.6. The van der Waals surface area contributed by atoms with Crippen LogP contribution in [0.3, 0.4) is 0 Å². The van der Waals surface area contributed by atoms with Gasteiger partial charge in [0, 0.05) is 0 Å². The van der Waals surface area contributed by atoms with E-state index in [0.29, 0.717) is 5.92 Å². The second-order valence-corrected chi connectivity index (χ2v) is 8.51. The fourth-order valence-electron chi connectivity index (χ4n) is 3.56. The molecule has 1 nitrogen and oxygen atoms in total. The van der Waals surface area contributed by atoms with Gasteiger partial charge in [0.15, 0.2) is 0 Å². The molecule has 5 unspecified atom stereocenters. The Kier molecular flexibility index (Phi) is 19.9. The summed E-state index contributed by atoms with van der Waals surface area (Å²) in [5.41, 5.74) is 0. The van der Waals surface area contributed by atoms with E-state index in [-0.39, 0.29) is 6.10 Å². The summed E-state index contributed by atoms with van der Waals surface area (Å²) in [6.45, 7) is 19.6. The van der Waals surface area contributed by atoms with Crippen LogP contribution in [-0.2, 0) is 0 Å². The summed E-state index contributed by atoms with van der Waals surface area (Å²) in [7, 11) is 0. The minimum Gasteiger partial charge on any atom is -0.393 e. The number of hydrogen-bond donors (Lipinski definition) is 1. The Morgan fingerprint density at radius 1 is 0.926 bits per heavy atom. The van der Waals surface area contributed by atoms with E-state index in [4.69, 9.17) is 5.11 Å². The summed E-state index contributed by atoms with van der Waals surface area (Å²) in [5.74, 6) is 3.98. The molecule has 0 aromatic carbocycles. The van der Waals surface area contributed by atoms with Crippen LogP contribution in [0, 0.1) is 29.6 Å². The highest BCUT2D eigenvalue weighted by atomic mass is 16.3. The first-order valence-electron chi connectivity index (χ1n) is 11.8.